The summed E-state index contributed by atoms with van der Waals surface area (Å²) in [6.45, 7) is 4.24. The quantitative estimate of drug-likeness (QED) is 0.490. The summed E-state index contributed by atoms with van der Waals surface area (Å²) in [5.41, 5.74) is 0.814. The van der Waals surface area contributed by atoms with Crippen LogP contribution in [0.15, 0.2) is 36.0 Å². The van der Waals surface area contributed by atoms with Gasteiger partial charge < -0.3 is 10.1 Å². The molecule has 1 saturated heterocycles. The number of likely N-dealkylation sites (N-methyl/N-ethyl adjacent to an activating group) is 2. The van der Waals surface area contributed by atoms with E-state index in [4.69, 9.17) is 4.74 Å². The van der Waals surface area contributed by atoms with E-state index < -0.39 is 23.8 Å². The molecular weight excluding hydrogens is 338 g/mol. The first-order valence-electron chi connectivity index (χ1n) is 8.06. The summed E-state index contributed by atoms with van der Waals surface area (Å²) < 4.78 is 5.14. The summed E-state index contributed by atoms with van der Waals surface area (Å²) >= 11 is 0. The Balaban J connectivity index is 2.08. The minimum atomic E-state index is -0.681. The molecule has 1 fully saturated rings. The van der Waals surface area contributed by atoms with Crippen molar-refractivity contribution < 1.29 is 23.9 Å². The second-order valence-electron chi connectivity index (χ2n) is 6.28. The van der Waals surface area contributed by atoms with Gasteiger partial charge in [-0.25, -0.2) is 9.59 Å². The zero-order chi connectivity index (χ0) is 19.4. The molecule has 0 aliphatic carbocycles. The van der Waals surface area contributed by atoms with Crippen LogP contribution in [0.2, 0.25) is 0 Å². The lowest BCUT2D eigenvalue weighted by Crippen LogP contribution is -2.53. The van der Waals surface area contributed by atoms with Crippen molar-refractivity contribution in [3.63, 3.8) is 0 Å². The first kappa shape index (κ1) is 19.2. The van der Waals surface area contributed by atoms with Crippen LogP contribution in [0.1, 0.15) is 24.2 Å². The molecule has 0 radical (unpaired) electrons. The van der Waals surface area contributed by atoms with Gasteiger partial charge in [0.25, 0.3) is 11.8 Å². The van der Waals surface area contributed by atoms with Gasteiger partial charge in [0.1, 0.15) is 5.57 Å². The maximum Gasteiger partial charge on any atom is 0.338 e. The maximum atomic E-state index is 12.1. The van der Waals surface area contributed by atoms with Crippen LogP contribution in [0.5, 0.6) is 0 Å². The number of ether oxygens (including phenoxy) is 1. The Morgan fingerprint density at radius 3 is 2.12 bits per heavy atom. The molecule has 0 aromatic heterocycles. The van der Waals surface area contributed by atoms with Crippen LogP contribution in [0.4, 0.5) is 10.5 Å². The van der Waals surface area contributed by atoms with Crippen LogP contribution in [-0.4, -0.2) is 54.3 Å². The molecule has 1 aliphatic heterocycles. The Kier molecular flexibility index (Phi) is 5.76. The fourth-order valence-electron chi connectivity index (χ4n) is 2.16. The van der Waals surface area contributed by atoms with E-state index in [0.29, 0.717) is 17.9 Å². The molecule has 26 heavy (non-hydrogen) atoms. The first-order valence-corrected chi connectivity index (χ1v) is 8.06. The molecular formula is C18H21N3O5. The monoisotopic (exact) mass is 359 g/mol. The summed E-state index contributed by atoms with van der Waals surface area (Å²) in [5.74, 6) is -1.53. The van der Waals surface area contributed by atoms with E-state index in [1.807, 2.05) is 13.8 Å². The van der Waals surface area contributed by atoms with Crippen LogP contribution in [0.25, 0.3) is 0 Å². The van der Waals surface area contributed by atoms with Crippen molar-refractivity contribution >= 4 is 29.5 Å². The van der Waals surface area contributed by atoms with Gasteiger partial charge in [0.2, 0.25) is 0 Å². The molecule has 1 N–H and O–H groups in total. The van der Waals surface area contributed by atoms with Crippen molar-refractivity contribution in [2.75, 3.05) is 26.0 Å². The highest BCUT2D eigenvalue weighted by molar-refractivity contribution is 6.28. The number of imide groups is 2. The van der Waals surface area contributed by atoms with Crippen LogP contribution in [-0.2, 0) is 14.3 Å². The standard InChI is InChI=1S/C18H21N3O5/c1-11(2)10-26-17(24)12-5-7-13(8-6-12)19-9-14-15(22)20(3)18(25)21(4)16(14)23/h5-9,11,19H,10H2,1-4H3. The zero-order valence-corrected chi connectivity index (χ0v) is 15.1. The predicted molar refractivity (Wildman–Crippen MR) is 94.2 cm³/mol. The zero-order valence-electron chi connectivity index (χ0n) is 15.1. The van der Waals surface area contributed by atoms with E-state index in [-0.39, 0.29) is 11.5 Å². The summed E-state index contributed by atoms with van der Waals surface area (Å²) in [6, 6.07) is 5.73. The van der Waals surface area contributed by atoms with Gasteiger partial charge in [-0.2, -0.15) is 0 Å². The van der Waals surface area contributed by atoms with Crippen LogP contribution in [0.3, 0.4) is 0 Å². The van der Waals surface area contributed by atoms with Gasteiger partial charge in [-0.3, -0.25) is 19.4 Å². The van der Waals surface area contributed by atoms with E-state index in [1.54, 1.807) is 24.3 Å². The number of esters is 1. The normalized spacial score (nSPS) is 14.8. The number of amides is 4. The van der Waals surface area contributed by atoms with Crippen molar-refractivity contribution in [3.05, 3.63) is 41.6 Å². The largest absolute Gasteiger partial charge is 0.462 e. The predicted octanol–water partition coefficient (Wildman–Crippen LogP) is 1.85. The molecule has 1 heterocycles. The number of rotatable bonds is 5. The first-order chi connectivity index (χ1) is 12.2. The van der Waals surface area contributed by atoms with E-state index in [2.05, 4.69) is 5.32 Å². The van der Waals surface area contributed by atoms with Gasteiger partial charge in [0, 0.05) is 26.0 Å². The number of barbiturate groups is 1. The van der Waals surface area contributed by atoms with Gasteiger partial charge in [0.15, 0.2) is 0 Å². The highest BCUT2D eigenvalue weighted by Crippen LogP contribution is 2.16. The Hall–Kier alpha value is -3.16. The fraction of sp³-hybridized carbons (Fsp3) is 0.333. The van der Waals surface area contributed by atoms with Gasteiger partial charge in [-0.15, -0.1) is 0 Å². The Morgan fingerprint density at radius 1 is 1.08 bits per heavy atom. The molecule has 1 aromatic carbocycles. The second-order valence-corrected chi connectivity index (χ2v) is 6.28. The molecule has 0 spiro atoms. The van der Waals surface area contributed by atoms with Crippen LogP contribution >= 0.6 is 0 Å². The molecule has 1 aromatic rings. The third-order valence-electron chi connectivity index (χ3n) is 3.70. The topological polar surface area (TPSA) is 96.0 Å². The molecule has 8 nitrogen and oxygen atoms in total. The fourth-order valence-corrected chi connectivity index (χ4v) is 2.16. The maximum absolute atomic E-state index is 12.1. The Labute approximate surface area is 151 Å². The van der Waals surface area contributed by atoms with E-state index >= 15 is 0 Å². The molecule has 4 amide bonds. The number of carbonyl (C=O) groups is 4. The minimum absolute atomic E-state index is 0.157. The minimum Gasteiger partial charge on any atom is -0.462 e. The molecule has 1 aliphatic rings. The number of benzene rings is 1. The lowest BCUT2D eigenvalue weighted by Gasteiger charge is -2.28. The average Bonchev–Trinajstić information content (AvgIpc) is 2.63. The lowest BCUT2D eigenvalue weighted by atomic mass is 10.1. The van der Waals surface area contributed by atoms with Crippen molar-refractivity contribution in [3.8, 4) is 0 Å². The number of nitrogens with zero attached hydrogens (tertiary/aromatic N) is 2. The number of urea groups is 1. The van der Waals surface area contributed by atoms with Gasteiger partial charge in [-0.05, 0) is 30.2 Å². The molecule has 2 rings (SSSR count). The third-order valence-corrected chi connectivity index (χ3v) is 3.70. The highest BCUT2D eigenvalue weighted by atomic mass is 16.5. The van der Waals surface area contributed by atoms with Crippen LogP contribution < -0.4 is 5.32 Å². The molecule has 0 atom stereocenters. The summed E-state index contributed by atoms with van der Waals surface area (Å²) in [6.07, 6.45) is 1.25. The number of hydrogen-bond donors (Lipinski definition) is 1. The molecule has 0 unspecified atom stereocenters. The third kappa shape index (κ3) is 4.08. The number of nitrogens with one attached hydrogen (secondary N) is 1. The Morgan fingerprint density at radius 2 is 1.62 bits per heavy atom. The van der Waals surface area contributed by atoms with Crippen molar-refractivity contribution in [2.45, 2.75) is 13.8 Å². The van der Waals surface area contributed by atoms with E-state index in [0.717, 1.165) is 9.80 Å². The molecule has 0 saturated carbocycles. The lowest BCUT2D eigenvalue weighted by molar-refractivity contribution is -0.134. The SMILES string of the molecule is CC(C)COC(=O)c1ccc(NC=C2C(=O)N(C)C(=O)N(C)C2=O)cc1. The average molecular weight is 359 g/mol. The number of carbonyl (C=O) groups excluding carboxylic acids is 4. The van der Waals surface area contributed by atoms with Gasteiger partial charge in [0.05, 0.1) is 12.2 Å². The molecule has 138 valence electrons. The van der Waals surface area contributed by atoms with Crippen molar-refractivity contribution in [1.82, 2.24) is 9.80 Å². The number of anilines is 1. The van der Waals surface area contributed by atoms with Gasteiger partial charge >= 0.3 is 12.0 Å². The van der Waals surface area contributed by atoms with E-state index in [9.17, 15) is 19.2 Å². The second kappa shape index (κ2) is 7.81. The van der Waals surface area contributed by atoms with Gasteiger partial charge in [-0.1, -0.05) is 13.8 Å². The molecule has 0 bridgehead atoms. The summed E-state index contributed by atoms with van der Waals surface area (Å²) in [7, 11) is 2.61. The smallest absolute Gasteiger partial charge is 0.338 e. The van der Waals surface area contributed by atoms with Crippen molar-refractivity contribution in [2.24, 2.45) is 5.92 Å². The Bertz CT molecular complexity index is 742. The molecule has 8 heteroatoms. The van der Waals surface area contributed by atoms with Crippen LogP contribution in [0, 0.1) is 5.92 Å². The van der Waals surface area contributed by atoms with E-state index in [1.165, 1.54) is 20.3 Å². The summed E-state index contributed by atoms with van der Waals surface area (Å²) in [5, 5.41) is 2.83. The number of hydrogen-bond acceptors (Lipinski definition) is 6. The van der Waals surface area contributed by atoms with Crippen molar-refractivity contribution in [1.29, 1.82) is 0 Å². The highest BCUT2D eigenvalue weighted by Gasteiger charge is 2.37. The summed E-state index contributed by atoms with van der Waals surface area (Å²) in [4.78, 5) is 49.4.